The first-order valence-corrected chi connectivity index (χ1v) is 6.22. The second-order valence-electron chi connectivity index (χ2n) is 4.39. The molecule has 1 atom stereocenters. The van der Waals surface area contributed by atoms with Crippen molar-refractivity contribution >= 4 is 23.3 Å². The van der Waals surface area contributed by atoms with Gasteiger partial charge < -0.3 is 21.2 Å². The summed E-state index contributed by atoms with van der Waals surface area (Å²) in [6.45, 7) is 0.209. The molecule has 0 aromatic heterocycles. The van der Waals surface area contributed by atoms with Crippen LogP contribution in [0.15, 0.2) is 29.4 Å². The van der Waals surface area contributed by atoms with Gasteiger partial charge in [-0.15, -0.1) is 6.42 Å². The van der Waals surface area contributed by atoms with E-state index < -0.39 is 18.0 Å². The van der Waals surface area contributed by atoms with E-state index in [4.69, 9.17) is 17.0 Å². The highest BCUT2D eigenvalue weighted by Gasteiger charge is 2.24. The molecule has 0 radical (unpaired) electrons. The standard InChI is InChI=1S/C14H14N4O3/c1-2-9-4-3-5-10(6-9)17-14(20)16-8-11-7-12(13(15)19)18-21-11/h1,3-6,11H,7-8H2,(H2,15,19)(H2,16,17,20)/t11-/m1/s1. The Kier molecular flexibility index (Phi) is 4.41. The summed E-state index contributed by atoms with van der Waals surface area (Å²) in [6.07, 6.45) is 5.17. The number of hydrogen-bond donors (Lipinski definition) is 3. The highest BCUT2D eigenvalue weighted by atomic mass is 16.6. The first-order valence-electron chi connectivity index (χ1n) is 6.22. The topological polar surface area (TPSA) is 106 Å². The van der Waals surface area contributed by atoms with Crippen LogP contribution >= 0.6 is 0 Å². The number of terminal acetylenes is 1. The average molecular weight is 286 g/mol. The molecule has 4 N–H and O–H groups in total. The van der Waals surface area contributed by atoms with Gasteiger partial charge in [0.15, 0.2) is 6.10 Å². The van der Waals surface area contributed by atoms with Gasteiger partial charge in [0, 0.05) is 17.7 Å². The Morgan fingerprint density at radius 1 is 1.52 bits per heavy atom. The molecule has 21 heavy (non-hydrogen) atoms. The molecule has 1 aromatic rings. The van der Waals surface area contributed by atoms with Gasteiger partial charge in [0.25, 0.3) is 5.91 Å². The lowest BCUT2D eigenvalue weighted by atomic mass is 10.2. The third-order valence-electron chi connectivity index (χ3n) is 2.79. The van der Waals surface area contributed by atoms with E-state index in [2.05, 4.69) is 21.7 Å². The van der Waals surface area contributed by atoms with Crippen molar-refractivity contribution in [3.63, 3.8) is 0 Å². The van der Waals surface area contributed by atoms with Crippen molar-refractivity contribution in [2.45, 2.75) is 12.5 Å². The SMILES string of the molecule is C#Cc1cccc(NC(=O)NC[C@H]2CC(C(N)=O)=NO2)c1. The van der Waals surface area contributed by atoms with E-state index in [0.29, 0.717) is 11.3 Å². The van der Waals surface area contributed by atoms with Gasteiger partial charge in [-0.3, -0.25) is 4.79 Å². The second kappa shape index (κ2) is 6.43. The van der Waals surface area contributed by atoms with Crippen LogP contribution in [-0.4, -0.2) is 30.3 Å². The third-order valence-corrected chi connectivity index (χ3v) is 2.79. The second-order valence-corrected chi connectivity index (χ2v) is 4.39. The smallest absolute Gasteiger partial charge is 0.319 e. The molecular weight excluding hydrogens is 272 g/mol. The molecule has 0 bridgehead atoms. The largest absolute Gasteiger partial charge is 0.390 e. The number of oxime groups is 1. The summed E-state index contributed by atoms with van der Waals surface area (Å²) in [5.41, 5.74) is 6.51. The van der Waals surface area contributed by atoms with E-state index in [1.807, 2.05) is 0 Å². The van der Waals surface area contributed by atoms with Gasteiger partial charge in [-0.05, 0) is 18.2 Å². The van der Waals surface area contributed by atoms with Crippen LogP contribution in [0.1, 0.15) is 12.0 Å². The molecule has 0 saturated carbocycles. The Morgan fingerprint density at radius 2 is 2.33 bits per heavy atom. The highest BCUT2D eigenvalue weighted by Crippen LogP contribution is 2.11. The number of carbonyl (C=O) groups is 2. The maximum atomic E-state index is 11.7. The molecule has 0 aliphatic carbocycles. The molecule has 1 aliphatic heterocycles. The van der Waals surface area contributed by atoms with E-state index in [1.54, 1.807) is 24.3 Å². The van der Waals surface area contributed by atoms with Crippen molar-refractivity contribution in [1.82, 2.24) is 5.32 Å². The Bertz CT molecular complexity index is 633. The molecule has 0 saturated heterocycles. The number of nitrogens with two attached hydrogens (primary N) is 1. The summed E-state index contributed by atoms with van der Waals surface area (Å²) in [5, 5.41) is 8.81. The van der Waals surface area contributed by atoms with Crippen molar-refractivity contribution in [1.29, 1.82) is 0 Å². The summed E-state index contributed by atoms with van der Waals surface area (Å²) >= 11 is 0. The van der Waals surface area contributed by atoms with E-state index in [0.717, 1.165) is 0 Å². The predicted molar refractivity (Wildman–Crippen MR) is 77.5 cm³/mol. The van der Waals surface area contributed by atoms with E-state index in [1.165, 1.54) is 0 Å². The number of carbonyl (C=O) groups excluding carboxylic acids is 2. The van der Waals surface area contributed by atoms with Crippen LogP contribution < -0.4 is 16.4 Å². The lowest BCUT2D eigenvalue weighted by molar-refractivity contribution is -0.112. The lowest BCUT2D eigenvalue weighted by Crippen LogP contribution is -2.36. The third kappa shape index (κ3) is 3.98. The maximum Gasteiger partial charge on any atom is 0.319 e. The normalized spacial score (nSPS) is 16.3. The minimum absolute atomic E-state index is 0.170. The summed E-state index contributed by atoms with van der Waals surface area (Å²) in [5.74, 6) is 1.86. The van der Waals surface area contributed by atoms with Crippen molar-refractivity contribution < 1.29 is 14.4 Å². The van der Waals surface area contributed by atoms with Crippen molar-refractivity contribution in [3.8, 4) is 12.3 Å². The first-order chi connectivity index (χ1) is 10.1. The number of urea groups is 1. The van der Waals surface area contributed by atoms with Gasteiger partial charge in [0.2, 0.25) is 0 Å². The number of rotatable bonds is 4. The maximum absolute atomic E-state index is 11.7. The van der Waals surface area contributed by atoms with Crippen LogP contribution in [0.3, 0.4) is 0 Å². The summed E-state index contributed by atoms with van der Waals surface area (Å²) in [6, 6.07) is 6.51. The Morgan fingerprint density at radius 3 is 3.00 bits per heavy atom. The minimum Gasteiger partial charge on any atom is -0.390 e. The van der Waals surface area contributed by atoms with E-state index >= 15 is 0 Å². The van der Waals surface area contributed by atoms with Gasteiger partial charge in [0.1, 0.15) is 5.71 Å². The molecule has 7 heteroatoms. The van der Waals surface area contributed by atoms with Crippen LogP contribution in [0, 0.1) is 12.3 Å². The number of anilines is 1. The zero-order valence-electron chi connectivity index (χ0n) is 11.1. The lowest BCUT2D eigenvalue weighted by Gasteiger charge is -2.11. The molecule has 2 rings (SSSR count). The van der Waals surface area contributed by atoms with Crippen LogP contribution in [-0.2, 0) is 9.63 Å². The average Bonchev–Trinajstić information content (AvgIpc) is 2.94. The van der Waals surface area contributed by atoms with Crippen LogP contribution in [0.25, 0.3) is 0 Å². The Labute approximate surface area is 121 Å². The fourth-order valence-electron chi connectivity index (χ4n) is 1.75. The van der Waals surface area contributed by atoms with Gasteiger partial charge in [-0.2, -0.15) is 0 Å². The molecule has 0 fully saturated rings. The number of amides is 3. The van der Waals surface area contributed by atoms with Crippen molar-refractivity contribution in [3.05, 3.63) is 29.8 Å². The van der Waals surface area contributed by atoms with Gasteiger partial charge in [-0.25, -0.2) is 4.79 Å². The van der Waals surface area contributed by atoms with Crippen LogP contribution in [0.4, 0.5) is 10.5 Å². The summed E-state index contributed by atoms with van der Waals surface area (Å²) in [7, 11) is 0. The molecule has 0 unspecified atom stereocenters. The molecule has 1 aromatic carbocycles. The fraction of sp³-hybridized carbons (Fsp3) is 0.214. The molecule has 3 amide bonds. The Balaban J connectivity index is 1.78. The zero-order valence-corrected chi connectivity index (χ0v) is 11.1. The van der Waals surface area contributed by atoms with Crippen molar-refractivity contribution in [2.75, 3.05) is 11.9 Å². The summed E-state index contributed by atoms with van der Waals surface area (Å²) < 4.78 is 0. The minimum atomic E-state index is -0.618. The number of primary amides is 1. The molecule has 1 aliphatic rings. The molecule has 1 heterocycles. The van der Waals surface area contributed by atoms with Gasteiger partial charge >= 0.3 is 6.03 Å². The van der Waals surface area contributed by atoms with Crippen molar-refractivity contribution in [2.24, 2.45) is 10.9 Å². The molecule has 0 spiro atoms. The van der Waals surface area contributed by atoms with Crippen LogP contribution in [0.5, 0.6) is 0 Å². The van der Waals surface area contributed by atoms with E-state index in [-0.39, 0.29) is 18.7 Å². The quantitative estimate of drug-likeness (QED) is 0.698. The predicted octanol–water partition coefficient (Wildman–Crippen LogP) is 0.420. The molecular formula is C14H14N4O3. The number of benzene rings is 1. The fourth-order valence-corrected chi connectivity index (χ4v) is 1.75. The number of nitrogens with zero attached hydrogens (tertiary/aromatic N) is 1. The Hall–Kier alpha value is -3.01. The van der Waals surface area contributed by atoms with Gasteiger partial charge in [-0.1, -0.05) is 17.1 Å². The van der Waals surface area contributed by atoms with Gasteiger partial charge in [0.05, 0.1) is 6.54 Å². The first kappa shape index (κ1) is 14.4. The molecule has 7 nitrogen and oxygen atoms in total. The monoisotopic (exact) mass is 286 g/mol. The number of nitrogens with one attached hydrogen (secondary N) is 2. The highest BCUT2D eigenvalue weighted by molar-refractivity contribution is 6.38. The summed E-state index contributed by atoms with van der Waals surface area (Å²) in [4.78, 5) is 27.6. The zero-order chi connectivity index (χ0) is 15.2. The van der Waals surface area contributed by atoms with E-state index in [9.17, 15) is 9.59 Å². The van der Waals surface area contributed by atoms with Crippen LogP contribution in [0.2, 0.25) is 0 Å². The number of hydrogen-bond acceptors (Lipinski definition) is 4. The molecule has 108 valence electrons.